The molecule has 2 heterocycles. The molecule has 146 valence electrons. The van der Waals surface area contributed by atoms with Crippen molar-refractivity contribution in [1.82, 2.24) is 14.8 Å². The lowest BCUT2D eigenvalue weighted by molar-refractivity contribution is 0.0635. The van der Waals surface area contributed by atoms with Gasteiger partial charge >= 0.3 is 6.09 Å². The Hall–Kier alpha value is -3.42. The lowest BCUT2D eigenvalue weighted by atomic mass is 10.2. The van der Waals surface area contributed by atoms with Crippen molar-refractivity contribution in [3.05, 3.63) is 54.7 Å². The number of benzene rings is 1. The minimum absolute atomic E-state index is 0.00683. The van der Waals surface area contributed by atoms with E-state index < -0.39 is 17.5 Å². The first-order valence-corrected chi connectivity index (χ1v) is 8.62. The number of carbonyl (C=O) groups excluding carboxylic acids is 1. The third kappa shape index (κ3) is 5.06. The Morgan fingerprint density at radius 3 is 2.57 bits per heavy atom. The first-order valence-electron chi connectivity index (χ1n) is 8.62. The summed E-state index contributed by atoms with van der Waals surface area (Å²) in [6.45, 7) is 5.19. The predicted molar refractivity (Wildman–Crippen MR) is 103 cm³/mol. The number of hydrogen-bond acceptors (Lipinski definition) is 5. The zero-order valence-corrected chi connectivity index (χ0v) is 16.1. The minimum atomic E-state index is -0.727. The zero-order valence-electron chi connectivity index (χ0n) is 16.1. The molecule has 8 heteroatoms. The van der Waals surface area contributed by atoms with Crippen LogP contribution in [-0.2, 0) is 11.8 Å². The van der Waals surface area contributed by atoms with E-state index in [1.807, 2.05) is 13.2 Å². The number of ether oxygens (including phenoxy) is 2. The number of rotatable bonds is 4. The fourth-order valence-corrected chi connectivity index (χ4v) is 2.40. The summed E-state index contributed by atoms with van der Waals surface area (Å²) >= 11 is 0. The van der Waals surface area contributed by atoms with Crippen LogP contribution in [0, 0.1) is 5.82 Å². The van der Waals surface area contributed by atoms with Gasteiger partial charge < -0.3 is 9.47 Å². The molecular formula is C20H21FN4O3. The van der Waals surface area contributed by atoms with E-state index in [4.69, 9.17) is 9.47 Å². The van der Waals surface area contributed by atoms with Crippen LogP contribution >= 0.6 is 0 Å². The van der Waals surface area contributed by atoms with Gasteiger partial charge in [-0.2, -0.15) is 5.10 Å². The number of aromatic nitrogens is 3. The molecule has 0 bridgehead atoms. The Bertz CT molecular complexity index is 995. The number of amides is 1. The molecule has 0 atom stereocenters. The van der Waals surface area contributed by atoms with Crippen molar-refractivity contribution in [2.75, 3.05) is 5.32 Å². The molecule has 0 aliphatic carbocycles. The molecule has 0 radical (unpaired) electrons. The van der Waals surface area contributed by atoms with Crippen LogP contribution < -0.4 is 10.1 Å². The normalized spacial score (nSPS) is 11.2. The highest BCUT2D eigenvalue weighted by Crippen LogP contribution is 2.28. The van der Waals surface area contributed by atoms with Crippen molar-refractivity contribution in [2.24, 2.45) is 7.05 Å². The van der Waals surface area contributed by atoms with Crippen molar-refractivity contribution in [3.63, 3.8) is 0 Å². The fraction of sp³-hybridized carbons (Fsp3) is 0.250. The number of nitrogens with zero attached hydrogens (tertiary/aromatic N) is 3. The first-order chi connectivity index (χ1) is 13.2. The number of aryl methyl sites for hydroxylation is 1. The zero-order chi connectivity index (χ0) is 20.3. The summed E-state index contributed by atoms with van der Waals surface area (Å²) in [5.74, 6) is 0.154. The van der Waals surface area contributed by atoms with Gasteiger partial charge in [-0.3, -0.25) is 15.0 Å². The van der Waals surface area contributed by atoms with Crippen LogP contribution in [0.4, 0.5) is 14.9 Å². The third-order valence-electron chi connectivity index (χ3n) is 3.54. The molecule has 7 nitrogen and oxygen atoms in total. The van der Waals surface area contributed by atoms with Gasteiger partial charge in [-0.25, -0.2) is 9.18 Å². The Morgan fingerprint density at radius 1 is 1.18 bits per heavy atom. The molecule has 0 saturated carbocycles. The van der Waals surface area contributed by atoms with Gasteiger partial charge in [0.2, 0.25) is 0 Å². The van der Waals surface area contributed by atoms with Gasteiger partial charge in [0.15, 0.2) is 5.82 Å². The topological polar surface area (TPSA) is 78.3 Å². The van der Waals surface area contributed by atoms with E-state index in [0.717, 1.165) is 5.56 Å². The van der Waals surface area contributed by atoms with Crippen LogP contribution in [0.5, 0.6) is 11.5 Å². The van der Waals surface area contributed by atoms with E-state index in [0.29, 0.717) is 11.4 Å². The lowest BCUT2D eigenvalue weighted by Crippen LogP contribution is -2.27. The van der Waals surface area contributed by atoms with Crippen molar-refractivity contribution in [3.8, 4) is 22.8 Å². The molecule has 0 aliphatic heterocycles. The van der Waals surface area contributed by atoms with Gasteiger partial charge in [-0.1, -0.05) is 0 Å². The van der Waals surface area contributed by atoms with E-state index in [-0.39, 0.29) is 11.4 Å². The maximum atomic E-state index is 14.3. The molecule has 1 aromatic carbocycles. The molecule has 0 fully saturated rings. The highest BCUT2D eigenvalue weighted by molar-refractivity contribution is 5.85. The minimum Gasteiger partial charge on any atom is -0.457 e. The average molecular weight is 384 g/mol. The van der Waals surface area contributed by atoms with Gasteiger partial charge in [-0.15, -0.1) is 0 Å². The summed E-state index contributed by atoms with van der Waals surface area (Å²) in [5, 5.41) is 6.49. The number of anilines is 1. The molecule has 1 N–H and O–H groups in total. The van der Waals surface area contributed by atoms with E-state index >= 15 is 0 Å². The fourth-order valence-electron chi connectivity index (χ4n) is 2.40. The molecule has 3 aromatic rings. The van der Waals surface area contributed by atoms with Gasteiger partial charge in [0, 0.05) is 37.1 Å². The second-order valence-corrected chi connectivity index (χ2v) is 7.15. The maximum Gasteiger partial charge on any atom is 0.412 e. The highest BCUT2D eigenvalue weighted by atomic mass is 19.1. The second-order valence-electron chi connectivity index (χ2n) is 7.15. The number of nitrogens with one attached hydrogen (secondary N) is 1. The largest absolute Gasteiger partial charge is 0.457 e. The monoisotopic (exact) mass is 384 g/mol. The number of hydrogen-bond donors (Lipinski definition) is 1. The molecule has 28 heavy (non-hydrogen) atoms. The summed E-state index contributed by atoms with van der Waals surface area (Å²) in [6, 6.07) is 7.57. The Balaban J connectivity index is 1.72. The summed E-state index contributed by atoms with van der Waals surface area (Å²) in [6.07, 6.45) is 4.41. The van der Waals surface area contributed by atoms with Gasteiger partial charge in [-0.05, 0) is 39.0 Å². The molecule has 0 spiro atoms. The number of carbonyl (C=O) groups is 1. The van der Waals surface area contributed by atoms with Crippen molar-refractivity contribution in [2.45, 2.75) is 26.4 Å². The van der Waals surface area contributed by atoms with E-state index in [9.17, 15) is 9.18 Å². The summed E-state index contributed by atoms with van der Waals surface area (Å²) in [4.78, 5) is 16.1. The molecule has 0 saturated heterocycles. The van der Waals surface area contributed by atoms with Crippen LogP contribution in [0.2, 0.25) is 0 Å². The summed E-state index contributed by atoms with van der Waals surface area (Å²) in [7, 11) is 1.82. The lowest BCUT2D eigenvalue weighted by Gasteiger charge is -2.19. The average Bonchev–Trinajstić information content (AvgIpc) is 3.02. The SMILES string of the molecule is Cn1cc(-c2cc(Oc3ccc(NC(=O)OC(C)(C)C)c(F)c3)ccn2)cn1. The van der Waals surface area contributed by atoms with Gasteiger partial charge in [0.25, 0.3) is 0 Å². The molecule has 0 aliphatic rings. The Labute approximate surface area is 162 Å². The highest BCUT2D eigenvalue weighted by Gasteiger charge is 2.17. The Kier molecular flexibility index (Phi) is 5.30. The van der Waals surface area contributed by atoms with E-state index in [2.05, 4.69) is 15.4 Å². The van der Waals surface area contributed by atoms with Gasteiger partial charge in [0.05, 0.1) is 17.6 Å². The molecule has 3 rings (SSSR count). The molecular weight excluding hydrogens is 363 g/mol. The molecule has 2 aromatic heterocycles. The Morgan fingerprint density at radius 2 is 1.93 bits per heavy atom. The maximum absolute atomic E-state index is 14.3. The quantitative estimate of drug-likeness (QED) is 0.702. The number of halogens is 1. The van der Waals surface area contributed by atoms with Crippen LogP contribution in [0.25, 0.3) is 11.3 Å². The summed E-state index contributed by atoms with van der Waals surface area (Å²) in [5.41, 5.74) is 0.870. The van der Waals surface area contributed by atoms with Crippen molar-refractivity contribution >= 4 is 11.8 Å². The van der Waals surface area contributed by atoms with Crippen LogP contribution in [-0.4, -0.2) is 26.5 Å². The van der Waals surface area contributed by atoms with Crippen LogP contribution in [0.15, 0.2) is 48.9 Å². The van der Waals surface area contributed by atoms with E-state index in [1.165, 1.54) is 12.1 Å². The predicted octanol–water partition coefficient (Wildman–Crippen LogP) is 4.76. The smallest absolute Gasteiger partial charge is 0.412 e. The van der Waals surface area contributed by atoms with Crippen LogP contribution in [0.3, 0.4) is 0 Å². The van der Waals surface area contributed by atoms with Crippen molar-refractivity contribution < 1.29 is 18.7 Å². The molecule has 1 amide bonds. The summed E-state index contributed by atoms with van der Waals surface area (Å²) < 4.78 is 26.8. The van der Waals surface area contributed by atoms with Crippen molar-refractivity contribution in [1.29, 1.82) is 0 Å². The van der Waals surface area contributed by atoms with E-state index in [1.54, 1.807) is 56.0 Å². The molecule has 0 unspecified atom stereocenters. The first kappa shape index (κ1) is 19.3. The standard InChI is InChI=1S/C20H21FN4O3/c1-20(2,3)28-19(26)24-17-6-5-14(9-16(17)21)27-15-7-8-22-18(10-15)13-11-23-25(4)12-13/h5-12H,1-4H3,(H,24,26). The second kappa shape index (κ2) is 7.67. The number of pyridine rings is 1. The third-order valence-corrected chi connectivity index (χ3v) is 3.54. The van der Waals surface area contributed by atoms with Crippen LogP contribution in [0.1, 0.15) is 20.8 Å². The van der Waals surface area contributed by atoms with Gasteiger partial charge in [0.1, 0.15) is 17.1 Å².